The molecule has 0 spiro atoms. The maximum absolute atomic E-state index is 12.2. The fourth-order valence-electron chi connectivity index (χ4n) is 3.88. The highest BCUT2D eigenvalue weighted by molar-refractivity contribution is 6.32. The predicted molar refractivity (Wildman–Crippen MR) is 102 cm³/mol. The van der Waals surface area contributed by atoms with E-state index < -0.39 is 0 Å². The molecule has 138 valence electrons. The molecule has 2 saturated heterocycles. The fraction of sp³-hybridized carbons (Fsp3) is 0.684. The van der Waals surface area contributed by atoms with Crippen molar-refractivity contribution in [3.05, 3.63) is 23.5 Å². The van der Waals surface area contributed by atoms with Gasteiger partial charge in [-0.25, -0.2) is 4.98 Å². The number of carbonyl (C=O) groups is 1. The van der Waals surface area contributed by atoms with Crippen LogP contribution in [-0.2, 0) is 4.79 Å². The predicted octanol–water partition coefficient (Wildman–Crippen LogP) is 3.26. The average molecular weight is 365 g/mol. The molecule has 1 aromatic rings. The second-order valence-corrected chi connectivity index (χ2v) is 7.68. The van der Waals surface area contributed by atoms with E-state index >= 15 is 0 Å². The molecule has 0 radical (unpaired) electrons. The second-order valence-electron chi connectivity index (χ2n) is 7.32. The minimum Gasteiger partial charge on any atom is -0.322 e. The molecule has 1 amide bonds. The number of rotatable bonds is 5. The lowest BCUT2D eigenvalue weighted by Crippen LogP contribution is -2.42. The van der Waals surface area contributed by atoms with Crippen molar-refractivity contribution in [3.8, 4) is 0 Å². The summed E-state index contributed by atoms with van der Waals surface area (Å²) in [6.07, 6.45) is 9.50. The number of amides is 1. The van der Waals surface area contributed by atoms with E-state index in [-0.39, 0.29) is 5.91 Å². The highest BCUT2D eigenvalue weighted by Crippen LogP contribution is 2.21. The van der Waals surface area contributed by atoms with Gasteiger partial charge in [0.2, 0.25) is 5.91 Å². The van der Waals surface area contributed by atoms with E-state index in [1.807, 2.05) is 0 Å². The van der Waals surface area contributed by atoms with Gasteiger partial charge in [0.15, 0.2) is 5.15 Å². The standard InChI is InChI=1S/C19H29ClN4O/c20-19-17(6-5-9-21-19)22-18(25)15-24-12-7-16(8-13-24)14-23-10-3-1-2-4-11-23/h5-6,9,16H,1-4,7-8,10-15H2,(H,22,25). The molecule has 3 rings (SSSR count). The van der Waals surface area contributed by atoms with Crippen molar-refractivity contribution in [3.63, 3.8) is 0 Å². The minimum absolute atomic E-state index is 0.0131. The number of carbonyl (C=O) groups excluding carboxylic acids is 1. The zero-order chi connectivity index (χ0) is 17.5. The molecule has 1 aromatic heterocycles. The van der Waals surface area contributed by atoms with Crippen LogP contribution >= 0.6 is 11.6 Å². The Hall–Kier alpha value is -1.17. The monoisotopic (exact) mass is 364 g/mol. The van der Waals surface area contributed by atoms with Crippen molar-refractivity contribution in [1.82, 2.24) is 14.8 Å². The molecule has 0 bridgehead atoms. The van der Waals surface area contributed by atoms with Crippen LogP contribution in [0.5, 0.6) is 0 Å². The smallest absolute Gasteiger partial charge is 0.238 e. The van der Waals surface area contributed by atoms with Crippen molar-refractivity contribution in [2.75, 3.05) is 44.6 Å². The summed E-state index contributed by atoms with van der Waals surface area (Å²) in [5, 5.41) is 3.20. The summed E-state index contributed by atoms with van der Waals surface area (Å²) >= 11 is 5.99. The molecule has 2 aliphatic rings. The van der Waals surface area contributed by atoms with Crippen LogP contribution in [0.3, 0.4) is 0 Å². The third kappa shape index (κ3) is 5.94. The number of hydrogen-bond donors (Lipinski definition) is 1. The van der Waals surface area contributed by atoms with Crippen LogP contribution in [0.2, 0.25) is 5.15 Å². The lowest BCUT2D eigenvalue weighted by molar-refractivity contribution is -0.117. The van der Waals surface area contributed by atoms with Crippen LogP contribution in [0.25, 0.3) is 0 Å². The van der Waals surface area contributed by atoms with Gasteiger partial charge in [-0.15, -0.1) is 0 Å². The third-order valence-corrected chi connectivity index (χ3v) is 5.62. The van der Waals surface area contributed by atoms with E-state index in [4.69, 9.17) is 11.6 Å². The number of nitrogens with one attached hydrogen (secondary N) is 1. The van der Waals surface area contributed by atoms with Gasteiger partial charge in [-0.1, -0.05) is 24.4 Å². The Balaban J connectivity index is 1.38. The van der Waals surface area contributed by atoms with Gasteiger partial charge in [0.25, 0.3) is 0 Å². The Morgan fingerprint density at radius 2 is 1.84 bits per heavy atom. The quantitative estimate of drug-likeness (QED) is 0.815. The van der Waals surface area contributed by atoms with Crippen molar-refractivity contribution in [2.45, 2.75) is 38.5 Å². The van der Waals surface area contributed by atoms with E-state index in [1.54, 1.807) is 18.3 Å². The molecule has 5 nitrogen and oxygen atoms in total. The molecular weight excluding hydrogens is 336 g/mol. The van der Waals surface area contributed by atoms with Gasteiger partial charge in [0.05, 0.1) is 12.2 Å². The minimum atomic E-state index is -0.0131. The molecule has 3 heterocycles. The third-order valence-electron chi connectivity index (χ3n) is 5.32. The molecule has 0 aromatic carbocycles. The summed E-state index contributed by atoms with van der Waals surface area (Å²) in [5.41, 5.74) is 0.588. The van der Waals surface area contributed by atoms with Crippen molar-refractivity contribution in [1.29, 1.82) is 0 Å². The number of piperidine rings is 1. The lowest BCUT2D eigenvalue weighted by Gasteiger charge is -2.34. The summed E-state index contributed by atoms with van der Waals surface area (Å²) in [7, 11) is 0. The van der Waals surface area contributed by atoms with Crippen LogP contribution in [-0.4, -0.2) is 60.0 Å². The normalized spacial score (nSPS) is 21.0. The van der Waals surface area contributed by atoms with Crippen LogP contribution in [0.4, 0.5) is 5.69 Å². The maximum Gasteiger partial charge on any atom is 0.238 e. The molecule has 2 fully saturated rings. The van der Waals surface area contributed by atoms with Crippen molar-refractivity contribution < 1.29 is 4.79 Å². The second kappa shape index (κ2) is 9.51. The molecule has 1 N–H and O–H groups in total. The fourth-order valence-corrected chi connectivity index (χ4v) is 4.05. The maximum atomic E-state index is 12.2. The first-order valence-corrected chi connectivity index (χ1v) is 9.93. The Labute approximate surface area is 155 Å². The molecule has 0 atom stereocenters. The van der Waals surface area contributed by atoms with Crippen LogP contribution in [0.1, 0.15) is 38.5 Å². The van der Waals surface area contributed by atoms with E-state index in [2.05, 4.69) is 20.1 Å². The zero-order valence-corrected chi connectivity index (χ0v) is 15.7. The molecule has 0 aliphatic carbocycles. The lowest BCUT2D eigenvalue weighted by atomic mass is 9.96. The SMILES string of the molecule is O=C(CN1CCC(CN2CCCCCC2)CC1)Nc1cccnc1Cl. The van der Waals surface area contributed by atoms with Gasteiger partial charge in [-0.3, -0.25) is 9.69 Å². The molecule has 6 heteroatoms. The van der Waals surface area contributed by atoms with E-state index in [0.717, 1.165) is 19.0 Å². The van der Waals surface area contributed by atoms with Gasteiger partial charge in [-0.05, 0) is 69.9 Å². The number of nitrogens with zero attached hydrogens (tertiary/aromatic N) is 3. The summed E-state index contributed by atoms with van der Waals surface area (Å²) in [6, 6.07) is 3.55. The zero-order valence-electron chi connectivity index (χ0n) is 14.9. The Morgan fingerprint density at radius 1 is 1.12 bits per heavy atom. The highest BCUT2D eigenvalue weighted by Gasteiger charge is 2.23. The van der Waals surface area contributed by atoms with Gasteiger partial charge in [0, 0.05) is 12.7 Å². The molecule has 2 aliphatic heterocycles. The Bertz CT molecular complexity index is 552. The number of pyridine rings is 1. The first-order valence-electron chi connectivity index (χ1n) is 9.56. The highest BCUT2D eigenvalue weighted by atomic mass is 35.5. The van der Waals surface area contributed by atoms with Crippen LogP contribution in [0.15, 0.2) is 18.3 Å². The summed E-state index contributed by atoms with van der Waals surface area (Å²) < 4.78 is 0. The van der Waals surface area contributed by atoms with Crippen LogP contribution in [0, 0.1) is 5.92 Å². The van der Waals surface area contributed by atoms with E-state index in [9.17, 15) is 4.79 Å². The number of aromatic nitrogens is 1. The topological polar surface area (TPSA) is 48.5 Å². The van der Waals surface area contributed by atoms with Gasteiger partial charge < -0.3 is 10.2 Å². The summed E-state index contributed by atoms with van der Waals surface area (Å²) in [4.78, 5) is 21.1. The number of hydrogen-bond acceptors (Lipinski definition) is 4. The van der Waals surface area contributed by atoms with E-state index in [1.165, 1.54) is 58.2 Å². The molecule has 25 heavy (non-hydrogen) atoms. The van der Waals surface area contributed by atoms with E-state index in [0.29, 0.717) is 17.4 Å². The Morgan fingerprint density at radius 3 is 2.52 bits per heavy atom. The van der Waals surface area contributed by atoms with Gasteiger partial charge in [-0.2, -0.15) is 0 Å². The number of halogens is 1. The average Bonchev–Trinajstić information content (AvgIpc) is 2.87. The summed E-state index contributed by atoms with van der Waals surface area (Å²) in [5.74, 6) is 0.769. The Kier molecular flexibility index (Phi) is 7.08. The van der Waals surface area contributed by atoms with Crippen LogP contribution < -0.4 is 5.32 Å². The van der Waals surface area contributed by atoms with Gasteiger partial charge >= 0.3 is 0 Å². The first kappa shape index (κ1) is 18.6. The number of anilines is 1. The molecule has 0 saturated carbocycles. The van der Waals surface area contributed by atoms with Crippen molar-refractivity contribution >= 4 is 23.2 Å². The van der Waals surface area contributed by atoms with Crippen molar-refractivity contribution in [2.24, 2.45) is 5.92 Å². The largest absolute Gasteiger partial charge is 0.322 e. The van der Waals surface area contributed by atoms with Gasteiger partial charge in [0.1, 0.15) is 0 Å². The molecule has 0 unspecified atom stereocenters. The number of likely N-dealkylation sites (tertiary alicyclic amines) is 2. The summed E-state index contributed by atoms with van der Waals surface area (Å²) in [6.45, 7) is 6.23. The molecular formula is C19H29ClN4O. The first-order chi connectivity index (χ1) is 12.2.